The number of likely N-dealkylation sites (tertiary alicyclic amines) is 1. The number of rotatable bonds is 9. The first-order chi connectivity index (χ1) is 13.5. The van der Waals surface area contributed by atoms with Crippen molar-refractivity contribution in [2.24, 2.45) is 10.9 Å². The molecule has 28 heavy (non-hydrogen) atoms. The number of hydrogen-bond acceptors (Lipinski definition) is 4. The minimum absolute atomic E-state index is 0.0476. The number of carbonyl (C=O) groups excluding carboxylic acids is 1. The molecule has 0 aliphatic carbocycles. The van der Waals surface area contributed by atoms with Crippen LogP contribution in [0.4, 0.5) is 0 Å². The average molecular weight is 391 g/mol. The maximum Gasteiger partial charge on any atom is 0.225 e. The summed E-state index contributed by atoms with van der Waals surface area (Å²) < 4.78 is 10.9. The lowest BCUT2D eigenvalue weighted by Gasteiger charge is -2.20. The van der Waals surface area contributed by atoms with Crippen LogP contribution in [0.5, 0.6) is 11.5 Å². The van der Waals surface area contributed by atoms with Crippen LogP contribution in [0.1, 0.15) is 33.6 Å². The molecule has 1 aliphatic rings. The van der Waals surface area contributed by atoms with E-state index in [1.165, 1.54) is 0 Å². The predicted octanol–water partition coefficient (Wildman–Crippen LogP) is 2.28. The normalized spacial score (nSPS) is 17.0. The van der Waals surface area contributed by atoms with Gasteiger partial charge in [-0.15, -0.1) is 0 Å². The second-order valence-electron chi connectivity index (χ2n) is 7.21. The van der Waals surface area contributed by atoms with E-state index in [0.717, 1.165) is 49.9 Å². The van der Waals surface area contributed by atoms with E-state index in [-0.39, 0.29) is 17.9 Å². The molecule has 0 bridgehead atoms. The number of benzene rings is 1. The fourth-order valence-corrected chi connectivity index (χ4v) is 3.07. The van der Waals surface area contributed by atoms with Gasteiger partial charge in [0.2, 0.25) is 5.91 Å². The van der Waals surface area contributed by atoms with E-state index >= 15 is 0 Å². The Kier molecular flexibility index (Phi) is 8.91. The van der Waals surface area contributed by atoms with Crippen molar-refractivity contribution in [3.63, 3.8) is 0 Å². The summed E-state index contributed by atoms with van der Waals surface area (Å²) in [5.74, 6) is 2.72. The van der Waals surface area contributed by atoms with Crippen LogP contribution in [-0.2, 0) is 4.79 Å². The molecule has 7 heteroatoms. The summed E-state index contributed by atoms with van der Waals surface area (Å²) in [5, 5.41) is 6.73. The average Bonchev–Trinajstić information content (AvgIpc) is 3.16. The molecule has 1 amide bonds. The fourth-order valence-electron chi connectivity index (χ4n) is 3.07. The molecule has 1 unspecified atom stereocenters. The molecule has 1 heterocycles. The first-order valence-corrected chi connectivity index (χ1v) is 10.1. The Morgan fingerprint density at radius 3 is 2.64 bits per heavy atom. The molecule has 1 aromatic rings. The molecule has 1 aromatic carbocycles. The van der Waals surface area contributed by atoms with Crippen LogP contribution >= 0.6 is 0 Å². The topological polar surface area (TPSA) is 75.2 Å². The van der Waals surface area contributed by atoms with Gasteiger partial charge in [0.05, 0.1) is 13.7 Å². The van der Waals surface area contributed by atoms with Gasteiger partial charge in [0, 0.05) is 44.6 Å². The lowest BCUT2D eigenvalue weighted by Crippen LogP contribution is -2.45. The predicted molar refractivity (Wildman–Crippen MR) is 112 cm³/mol. The van der Waals surface area contributed by atoms with Gasteiger partial charge in [0.1, 0.15) is 11.5 Å². The third-order valence-corrected chi connectivity index (χ3v) is 4.58. The monoisotopic (exact) mass is 390 g/mol. The maximum absolute atomic E-state index is 12.1. The van der Waals surface area contributed by atoms with Crippen molar-refractivity contribution in [2.75, 3.05) is 39.9 Å². The highest BCUT2D eigenvalue weighted by atomic mass is 16.5. The van der Waals surface area contributed by atoms with Crippen molar-refractivity contribution < 1.29 is 14.3 Å². The SMILES string of the molecule is CCNC(=NCCCOc1ccc(OC)cc1)NC1CCN(C(=O)C(C)C)C1. The molecule has 0 radical (unpaired) electrons. The highest BCUT2D eigenvalue weighted by Gasteiger charge is 2.27. The first kappa shape index (κ1) is 21.9. The van der Waals surface area contributed by atoms with Crippen LogP contribution in [0.25, 0.3) is 0 Å². The number of amides is 1. The van der Waals surface area contributed by atoms with Crippen LogP contribution in [0, 0.1) is 5.92 Å². The zero-order valence-corrected chi connectivity index (χ0v) is 17.5. The number of nitrogens with zero attached hydrogens (tertiary/aromatic N) is 2. The third kappa shape index (κ3) is 6.94. The van der Waals surface area contributed by atoms with Crippen LogP contribution < -0.4 is 20.1 Å². The number of nitrogens with one attached hydrogen (secondary N) is 2. The quantitative estimate of drug-likeness (QED) is 0.384. The maximum atomic E-state index is 12.1. The summed E-state index contributed by atoms with van der Waals surface area (Å²) in [5.41, 5.74) is 0. The molecule has 1 atom stereocenters. The number of guanidine groups is 1. The van der Waals surface area contributed by atoms with Crippen LogP contribution in [0.15, 0.2) is 29.3 Å². The molecular formula is C21H34N4O3. The molecule has 0 spiro atoms. The Morgan fingerprint density at radius 1 is 1.29 bits per heavy atom. The number of ether oxygens (including phenoxy) is 2. The molecule has 2 rings (SSSR count). The highest BCUT2D eigenvalue weighted by Crippen LogP contribution is 2.17. The molecule has 7 nitrogen and oxygen atoms in total. The van der Waals surface area contributed by atoms with Crippen molar-refractivity contribution in [3.8, 4) is 11.5 Å². The molecule has 0 saturated carbocycles. The second kappa shape index (κ2) is 11.4. The molecule has 0 aromatic heterocycles. The van der Waals surface area contributed by atoms with Gasteiger partial charge in [0.25, 0.3) is 0 Å². The van der Waals surface area contributed by atoms with Gasteiger partial charge in [-0.05, 0) is 37.6 Å². The summed E-state index contributed by atoms with van der Waals surface area (Å²) in [6, 6.07) is 7.82. The zero-order chi connectivity index (χ0) is 20.4. The minimum atomic E-state index is 0.0476. The van der Waals surface area contributed by atoms with Crippen molar-refractivity contribution in [3.05, 3.63) is 24.3 Å². The van der Waals surface area contributed by atoms with Gasteiger partial charge in [-0.2, -0.15) is 0 Å². The standard InChI is InChI=1S/C21H34N4O3/c1-5-22-21(24-17-11-13-25(15-17)20(26)16(2)3)23-12-6-14-28-19-9-7-18(27-4)8-10-19/h7-10,16-17H,5-6,11-15H2,1-4H3,(H2,22,23,24). The number of methoxy groups -OCH3 is 1. The summed E-state index contributed by atoms with van der Waals surface area (Å²) in [7, 11) is 1.65. The van der Waals surface area contributed by atoms with Crippen LogP contribution in [0.2, 0.25) is 0 Å². The lowest BCUT2D eigenvalue weighted by atomic mass is 10.2. The summed E-state index contributed by atoms with van der Waals surface area (Å²) >= 11 is 0. The number of carbonyl (C=O) groups is 1. The second-order valence-corrected chi connectivity index (χ2v) is 7.21. The molecule has 2 N–H and O–H groups in total. The largest absolute Gasteiger partial charge is 0.497 e. The molecule has 156 valence electrons. The van der Waals surface area contributed by atoms with Crippen molar-refractivity contribution >= 4 is 11.9 Å². The highest BCUT2D eigenvalue weighted by molar-refractivity contribution is 5.81. The number of aliphatic imine (C=N–C) groups is 1. The van der Waals surface area contributed by atoms with Gasteiger partial charge >= 0.3 is 0 Å². The van der Waals surface area contributed by atoms with Gasteiger partial charge in [0.15, 0.2) is 5.96 Å². The Bertz CT molecular complexity index is 631. The van der Waals surface area contributed by atoms with Crippen molar-refractivity contribution in [2.45, 2.75) is 39.7 Å². The van der Waals surface area contributed by atoms with E-state index in [1.54, 1.807) is 7.11 Å². The van der Waals surface area contributed by atoms with E-state index in [1.807, 2.05) is 49.9 Å². The minimum Gasteiger partial charge on any atom is -0.497 e. The summed E-state index contributed by atoms with van der Waals surface area (Å²) in [4.78, 5) is 18.7. The molecule has 1 aliphatic heterocycles. The lowest BCUT2D eigenvalue weighted by molar-refractivity contribution is -0.133. The smallest absolute Gasteiger partial charge is 0.225 e. The van der Waals surface area contributed by atoms with Gasteiger partial charge in [-0.3, -0.25) is 9.79 Å². The fraction of sp³-hybridized carbons (Fsp3) is 0.619. The molecular weight excluding hydrogens is 356 g/mol. The van der Waals surface area contributed by atoms with Crippen LogP contribution in [-0.4, -0.2) is 62.7 Å². The Labute approximate surface area is 168 Å². The van der Waals surface area contributed by atoms with E-state index in [0.29, 0.717) is 13.2 Å². The first-order valence-electron chi connectivity index (χ1n) is 10.1. The van der Waals surface area contributed by atoms with E-state index in [4.69, 9.17) is 9.47 Å². The van der Waals surface area contributed by atoms with Crippen molar-refractivity contribution in [1.82, 2.24) is 15.5 Å². The van der Waals surface area contributed by atoms with Crippen molar-refractivity contribution in [1.29, 1.82) is 0 Å². The molecule has 1 fully saturated rings. The zero-order valence-electron chi connectivity index (χ0n) is 17.5. The Hall–Kier alpha value is -2.44. The van der Waals surface area contributed by atoms with Gasteiger partial charge in [-0.25, -0.2) is 0 Å². The third-order valence-electron chi connectivity index (χ3n) is 4.58. The summed E-state index contributed by atoms with van der Waals surface area (Å²) in [6.07, 6.45) is 1.77. The summed E-state index contributed by atoms with van der Waals surface area (Å²) in [6.45, 7) is 9.57. The Morgan fingerprint density at radius 2 is 2.00 bits per heavy atom. The van der Waals surface area contributed by atoms with Gasteiger partial charge < -0.3 is 25.0 Å². The Balaban J connectivity index is 1.73. The molecule has 1 saturated heterocycles. The number of hydrogen-bond donors (Lipinski definition) is 2. The van der Waals surface area contributed by atoms with E-state index in [2.05, 4.69) is 15.6 Å². The van der Waals surface area contributed by atoms with E-state index < -0.39 is 0 Å². The van der Waals surface area contributed by atoms with Crippen LogP contribution in [0.3, 0.4) is 0 Å². The van der Waals surface area contributed by atoms with E-state index in [9.17, 15) is 4.79 Å². The van der Waals surface area contributed by atoms with Gasteiger partial charge in [-0.1, -0.05) is 13.8 Å².